The number of carbonyl (C=O) groups excluding carboxylic acids is 2. The quantitative estimate of drug-likeness (QED) is 0.0248. The average molecular weight is 774 g/mol. The van der Waals surface area contributed by atoms with Crippen molar-refractivity contribution in [2.45, 2.75) is 142 Å². The zero-order chi connectivity index (χ0) is 39.6. The summed E-state index contributed by atoms with van der Waals surface area (Å²) >= 11 is 0. The largest absolute Gasteiger partial charge is 0.472 e. The lowest BCUT2D eigenvalue weighted by molar-refractivity contribution is -0.147. The monoisotopic (exact) mass is 773 g/mol. The highest BCUT2D eigenvalue weighted by Crippen LogP contribution is 2.42. The van der Waals surface area contributed by atoms with Crippen LogP contribution in [0.3, 0.4) is 0 Å². The van der Waals surface area contributed by atoms with Crippen molar-refractivity contribution < 1.29 is 37.9 Å². The van der Waals surface area contributed by atoms with Crippen molar-refractivity contribution in [1.29, 1.82) is 0 Å². The van der Waals surface area contributed by atoms with E-state index in [1.807, 2.05) is 12.2 Å². The van der Waals surface area contributed by atoms with E-state index in [0.29, 0.717) is 0 Å². The van der Waals surface area contributed by atoms with Crippen molar-refractivity contribution in [1.82, 2.24) is 5.32 Å². The van der Waals surface area contributed by atoms with E-state index in [4.69, 9.17) is 13.8 Å². The van der Waals surface area contributed by atoms with E-state index < -0.39 is 26.5 Å². The van der Waals surface area contributed by atoms with E-state index in [-0.39, 0.29) is 38.5 Å². The lowest BCUT2D eigenvalue weighted by Gasteiger charge is -2.15. The number of phosphoric acid groups is 1. The van der Waals surface area contributed by atoms with Crippen LogP contribution in [0.25, 0.3) is 0 Å². The highest BCUT2D eigenvalue weighted by Gasteiger charge is 2.23. The minimum atomic E-state index is -4.45. The number of unbranched alkanes of at least 4 members (excludes halogenated alkanes) is 8. The molecule has 54 heavy (non-hydrogen) atoms. The third-order valence-corrected chi connectivity index (χ3v) is 8.76. The molecule has 0 spiro atoms. The van der Waals surface area contributed by atoms with Crippen LogP contribution in [-0.4, -0.2) is 54.3 Å². The van der Waals surface area contributed by atoms with Gasteiger partial charge in [0.1, 0.15) is 12.7 Å². The number of aliphatic hydroxyl groups is 1. The fourth-order valence-electron chi connectivity index (χ4n) is 4.74. The van der Waals surface area contributed by atoms with E-state index in [0.717, 1.165) is 89.9 Å². The highest BCUT2D eigenvalue weighted by molar-refractivity contribution is 7.47. The first-order valence-corrected chi connectivity index (χ1v) is 21.7. The SMILES string of the molecule is CC/C=C\C/C=C\C/C=C\C/C=C\C/C=C\C/C=C\C/C=C\CC(=O)NCCOP(=O)(O)OCC(O)COC(=O)CCCCCCC/C=C\CCCCC. The number of hydrogen-bond donors (Lipinski definition) is 3. The van der Waals surface area contributed by atoms with Gasteiger partial charge >= 0.3 is 13.8 Å². The first kappa shape index (κ1) is 50.9. The topological polar surface area (TPSA) is 131 Å². The molecule has 0 aliphatic heterocycles. The summed E-state index contributed by atoms with van der Waals surface area (Å²) in [6.45, 7) is 3.24. The van der Waals surface area contributed by atoms with E-state index in [2.05, 4.69) is 98.2 Å². The molecule has 2 atom stereocenters. The molecular formula is C44H72NO8P. The summed E-state index contributed by atoms with van der Waals surface area (Å²) in [5.41, 5.74) is 0. The summed E-state index contributed by atoms with van der Waals surface area (Å²) in [7, 11) is -4.45. The van der Waals surface area contributed by atoms with Gasteiger partial charge in [-0.05, 0) is 77.0 Å². The first-order valence-electron chi connectivity index (χ1n) is 20.2. The van der Waals surface area contributed by atoms with Crippen molar-refractivity contribution in [3.63, 3.8) is 0 Å². The number of amides is 1. The Morgan fingerprint density at radius 2 is 1.09 bits per heavy atom. The zero-order valence-corrected chi connectivity index (χ0v) is 34.3. The van der Waals surface area contributed by atoms with Crippen LogP contribution in [0, 0.1) is 0 Å². The number of nitrogens with one attached hydrogen (secondary N) is 1. The average Bonchev–Trinajstić information content (AvgIpc) is 3.16. The van der Waals surface area contributed by atoms with E-state index in [1.165, 1.54) is 19.3 Å². The molecule has 0 aliphatic rings. The molecule has 2 unspecified atom stereocenters. The van der Waals surface area contributed by atoms with Gasteiger partial charge in [-0.25, -0.2) is 4.57 Å². The van der Waals surface area contributed by atoms with Crippen LogP contribution in [0.2, 0.25) is 0 Å². The van der Waals surface area contributed by atoms with E-state index >= 15 is 0 Å². The molecule has 9 nitrogen and oxygen atoms in total. The van der Waals surface area contributed by atoms with Gasteiger partial charge in [-0.1, -0.05) is 143 Å². The zero-order valence-electron chi connectivity index (χ0n) is 33.4. The van der Waals surface area contributed by atoms with Crippen LogP contribution in [0.4, 0.5) is 0 Å². The Hall–Kier alpha value is -3.07. The third-order valence-electron chi connectivity index (χ3n) is 7.78. The molecule has 0 aromatic carbocycles. The fourth-order valence-corrected chi connectivity index (χ4v) is 5.50. The van der Waals surface area contributed by atoms with Gasteiger partial charge in [-0.15, -0.1) is 0 Å². The minimum Gasteiger partial charge on any atom is -0.463 e. The second-order valence-corrected chi connectivity index (χ2v) is 14.3. The Kier molecular flexibility index (Phi) is 37.4. The maximum atomic E-state index is 12.1. The van der Waals surface area contributed by atoms with Crippen molar-refractivity contribution in [3.05, 3.63) is 97.2 Å². The van der Waals surface area contributed by atoms with Gasteiger partial charge in [-0.3, -0.25) is 18.6 Å². The summed E-state index contributed by atoms with van der Waals surface area (Å²) in [6.07, 6.45) is 50.8. The molecule has 1 amide bonds. The standard InChI is InChI=1S/C44H72NO8P/c1-3-5-7-9-11-13-15-17-18-19-20-21-22-23-24-25-26-28-30-32-34-36-43(47)45-38-39-52-54(49,50)53-41-42(46)40-51-44(48)37-35-33-31-29-27-16-14-12-10-8-6-4-2/h5,7,11-14,17-18,20-21,23-24,26,28,32,34,42,46H,3-4,6,8-10,15-16,19,22,25,27,29-31,33,35-41H2,1-2H3,(H,45,47)(H,49,50)/b7-5-,13-11-,14-12-,18-17-,21-20-,24-23-,28-26-,34-32-. The number of phosphoric ester groups is 1. The normalized spacial score (nSPS) is 14.4. The molecule has 0 saturated heterocycles. The fraction of sp³-hybridized carbons (Fsp3) is 0.591. The van der Waals surface area contributed by atoms with Gasteiger partial charge in [0.15, 0.2) is 0 Å². The van der Waals surface area contributed by atoms with Gasteiger partial charge in [0.2, 0.25) is 5.91 Å². The molecule has 306 valence electrons. The van der Waals surface area contributed by atoms with Crippen LogP contribution < -0.4 is 5.32 Å². The van der Waals surface area contributed by atoms with E-state index in [9.17, 15) is 24.2 Å². The van der Waals surface area contributed by atoms with Crippen molar-refractivity contribution in [3.8, 4) is 0 Å². The van der Waals surface area contributed by atoms with Gasteiger partial charge in [0.25, 0.3) is 0 Å². The minimum absolute atomic E-state index is 0.0179. The maximum absolute atomic E-state index is 12.1. The van der Waals surface area contributed by atoms with Crippen LogP contribution in [0.5, 0.6) is 0 Å². The van der Waals surface area contributed by atoms with Gasteiger partial charge in [0, 0.05) is 19.4 Å². The number of allylic oxidation sites excluding steroid dienone is 15. The van der Waals surface area contributed by atoms with Gasteiger partial charge in [0.05, 0.1) is 13.2 Å². The Morgan fingerprint density at radius 3 is 1.63 bits per heavy atom. The summed E-state index contributed by atoms with van der Waals surface area (Å²) in [5, 5.41) is 12.6. The van der Waals surface area contributed by atoms with Crippen LogP contribution in [0.1, 0.15) is 136 Å². The Labute approximate surface area is 327 Å². The molecular weight excluding hydrogens is 701 g/mol. The molecule has 0 aliphatic carbocycles. The number of ether oxygens (including phenoxy) is 1. The van der Waals surface area contributed by atoms with Gasteiger partial charge in [-0.2, -0.15) is 0 Å². The molecule has 10 heteroatoms. The summed E-state index contributed by atoms with van der Waals surface area (Å²) < 4.78 is 26.7. The van der Waals surface area contributed by atoms with Crippen molar-refractivity contribution >= 4 is 19.7 Å². The molecule has 3 N–H and O–H groups in total. The van der Waals surface area contributed by atoms with E-state index in [1.54, 1.807) is 6.08 Å². The molecule has 0 radical (unpaired) electrons. The molecule has 0 heterocycles. The summed E-state index contributed by atoms with van der Waals surface area (Å²) in [4.78, 5) is 33.7. The number of aliphatic hydroxyl groups excluding tert-OH is 1. The molecule has 0 bridgehead atoms. The number of rotatable bonds is 36. The van der Waals surface area contributed by atoms with Crippen LogP contribution >= 0.6 is 7.82 Å². The number of carbonyl (C=O) groups is 2. The lowest BCUT2D eigenvalue weighted by Crippen LogP contribution is -2.26. The Balaban J connectivity index is 3.79. The lowest BCUT2D eigenvalue weighted by atomic mass is 10.1. The van der Waals surface area contributed by atoms with Crippen molar-refractivity contribution in [2.75, 3.05) is 26.4 Å². The summed E-state index contributed by atoms with van der Waals surface area (Å²) in [6, 6.07) is 0. The smallest absolute Gasteiger partial charge is 0.463 e. The Bertz CT molecular complexity index is 1200. The maximum Gasteiger partial charge on any atom is 0.472 e. The number of esters is 1. The molecule has 0 saturated carbocycles. The predicted molar refractivity (Wildman–Crippen MR) is 224 cm³/mol. The first-order chi connectivity index (χ1) is 26.3. The second kappa shape index (κ2) is 39.6. The second-order valence-electron chi connectivity index (χ2n) is 12.9. The molecule has 0 aromatic rings. The Morgan fingerprint density at radius 1 is 0.611 bits per heavy atom. The predicted octanol–water partition coefficient (Wildman–Crippen LogP) is 11.0. The van der Waals surface area contributed by atoms with Crippen LogP contribution in [0.15, 0.2) is 97.2 Å². The highest BCUT2D eigenvalue weighted by atomic mass is 31.2. The van der Waals surface area contributed by atoms with Gasteiger partial charge < -0.3 is 20.1 Å². The summed E-state index contributed by atoms with van der Waals surface area (Å²) in [5.74, 6) is -0.670. The molecule has 0 rings (SSSR count). The van der Waals surface area contributed by atoms with Crippen LogP contribution in [-0.2, 0) is 27.9 Å². The number of hydrogen-bond acceptors (Lipinski definition) is 7. The third kappa shape index (κ3) is 40.1. The molecule has 0 fully saturated rings. The van der Waals surface area contributed by atoms with Crippen molar-refractivity contribution in [2.24, 2.45) is 0 Å². The molecule has 0 aromatic heterocycles.